The number of amides is 1. The zero-order valence-electron chi connectivity index (χ0n) is 10.7. The second-order valence-corrected chi connectivity index (χ2v) is 5.14. The van der Waals surface area contributed by atoms with Crippen LogP contribution in [0.1, 0.15) is 33.3 Å². The van der Waals surface area contributed by atoms with Gasteiger partial charge in [0.15, 0.2) is 0 Å². The molecule has 0 saturated carbocycles. The van der Waals surface area contributed by atoms with Gasteiger partial charge in [0.1, 0.15) is 10.9 Å². The van der Waals surface area contributed by atoms with Crippen LogP contribution in [0.5, 0.6) is 0 Å². The Morgan fingerprint density at radius 3 is 2.75 bits per heavy atom. The third-order valence-electron chi connectivity index (χ3n) is 2.92. The third kappa shape index (κ3) is 3.23. The Bertz CT molecular complexity index is 616. The van der Waals surface area contributed by atoms with Gasteiger partial charge in [-0.15, -0.1) is 11.3 Å². The van der Waals surface area contributed by atoms with Crippen LogP contribution in [0.3, 0.4) is 0 Å². The number of carbonyl (C=O) groups excluding carboxylic acids is 1. The Balaban J connectivity index is 2.17. The molecule has 1 amide bonds. The van der Waals surface area contributed by atoms with Gasteiger partial charge in [-0.2, -0.15) is 5.26 Å². The van der Waals surface area contributed by atoms with E-state index in [4.69, 9.17) is 10.4 Å². The lowest BCUT2D eigenvalue weighted by molar-refractivity contribution is 0.0934. The molecule has 0 aliphatic heterocycles. The molecule has 0 bridgehead atoms. The van der Waals surface area contributed by atoms with Gasteiger partial charge in [-0.05, 0) is 23.4 Å². The fourth-order valence-electron chi connectivity index (χ4n) is 1.93. The molecule has 0 saturated heterocycles. The molecule has 1 aromatic carbocycles. The van der Waals surface area contributed by atoms with Crippen LogP contribution in [-0.4, -0.2) is 17.6 Å². The van der Waals surface area contributed by atoms with Crippen molar-refractivity contribution in [2.75, 3.05) is 6.61 Å². The van der Waals surface area contributed by atoms with E-state index in [0.717, 1.165) is 5.56 Å². The summed E-state index contributed by atoms with van der Waals surface area (Å²) in [6, 6.07) is 12.8. The maximum absolute atomic E-state index is 12.2. The number of nitriles is 1. The first-order valence-corrected chi connectivity index (χ1v) is 7.08. The normalized spacial score (nSPS) is 11.6. The molecule has 102 valence electrons. The summed E-state index contributed by atoms with van der Waals surface area (Å²) in [6.45, 7) is -0.0185. The van der Waals surface area contributed by atoms with E-state index in [0.29, 0.717) is 16.9 Å². The zero-order valence-corrected chi connectivity index (χ0v) is 11.6. The number of rotatable bonds is 5. The number of aliphatic hydroxyl groups excluding tert-OH is 1. The summed E-state index contributed by atoms with van der Waals surface area (Å²) in [4.78, 5) is 12.6. The molecule has 1 atom stereocenters. The van der Waals surface area contributed by atoms with Gasteiger partial charge < -0.3 is 10.4 Å². The van der Waals surface area contributed by atoms with Crippen molar-refractivity contribution in [2.45, 2.75) is 12.5 Å². The summed E-state index contributed by atoms with van der Waals surface area (Å²) in [5.41, 5.74) is 1.31. The lowest BCUT2D eigenvalue weighted by atomic mass is 10.0. The van der Waals surface area contributed by atoms with Crippen LogP contribution in [0.25, 0.3) is 0 Å². The molecule has 5 heteroatoms. The molecule has 0 aliphatic rings. The third-order valence-corrected chi connectivity index (χ3v) is 3.83. The number of carbonyl (C=O) groups is 1. The molecule has 0 aliphatic carbocycles. The predicted molar refractivity (Wildman–Crippen MR) is 77.4 cm³/mol. The van der Waals surface area contributed by atoms with E-state index in [1.165, 1.54) is 11.3 Å². The van der Waals surface area contributed by atoms with Gasteiger partial charge in [0.2, 0.25) is 0 Å². The maximum atomic E-state index is 12.2. The van der Waals surface area contributed by atoms with Crippen molar-refractivity contribution in [3.63, 3.8) is 0 Å². The van der Waals surface area contributed by atoms with E-state index in [9.17, 15) is 4.79 Å². The summed E-state index contributed by atoms with van der Waals surface area (Å²) >= 11 is 1.24. The van der Waals surface area contributed by atoms with E-state index in [1.807, 2.05) is 36.4 Å². The highest BCUT2D eigenvalue weighted by atomic mass is 32.1. The molecule has 1 unspecified atom stereocenters. The molecular weight excluding hydrogens is 272 g/mol. The standard InChI is InChI=1S/C15H14N2O2S/c16-10-12-7-9-20-14(12)15(19)17-13(6-8-18)11-4-2-1-3-5-11/h1-5,7,9,13,18H,6,8H2,(H,17,19). The van der Waals surface area contributed by atoms with Crippen LogP contribution < -0.4 is 5.32 Å². The first-order valence-electron chi connectivity index (χ1n) is 6.20. The summed E-state index contributed by atoms with van der Waals surface area (Å²) in [6.07, 6.45) is 0.434. The van der Waals surface area contributed by atoms with Gasteiger partial charge in [-0.25, -0.2) is 0 Å². The molecule has 0 radical (unpaired) electrons. The van der Waals surface area contributed by atoms with Crippen LogP contribution in [-0.2, 0) is 0 Å². The highest BCUT2D eigenvalue weighted by Crippen LogP contribution is 2.20. The molecule has 2 rings (SSSR count). The SMILES string of the molecule is N#Cc1ccsc1C(=O)NC(CCO)c1ccccc1. The Labute approximate surface area is 121 Å². The minimum Gasteiger partial charge on any atom is -0.396 e. The quantitative estimate of drug-likeness (QED) is 0.886. The first kappa shape index (κ1) is 14.3. The molecule has 2 N–H and O–H groups in total. The number of nitrogens with one attached hydrogen (secondary N) is 1. The van der Waals surface area contributed by atoms with Gasteiger partial charge in [-0.1, -0.05) is 30.3 Å². The Morgan fingerprint density at radius 2 is 2.10 bits per heavy atom. The first-order chi connectivity index (χ1) is 9.76. The number of thiophene rings is 1. The van der Waals surface area contributed by atoms with Crippen molar-refractivity contribution in [2.24, 2.45) is 0 Å². The van der Waals surface area contributed by atoms with Crippen molar-refractivity contribution in [1.82, 2.24) is 5.32 Å². The Hall–Kier alpha value is -2.16. The molecule has 1 heterocycles. The summed E-state index contributed by atoms with van der Waals surface area (Å²) in [5.74, 6) is -0.279. The maximum Gasteiger partial charge on any atom is 0.263 e. The monoisotopic (exact) mass is 286 g/mol. The largest absolute Gasteiger partial charge is 0.396 e. The van der Waals surface area contributed by atoms with Gasteiger partial charge in [0.05, 0.1) is 11.6 Å². The van der Waals surface area contributed by atoms with Gasteiger partial charge in [0, 0.05) is 6.61 Å². The van der Waals surface area contributed by atoms with Crippen molar-refractivity contribution in [3.05, 3.63) is 57.8 Å². The minimum atomic E-state index is -0.279. The van der Waals surface area contributed by atoms with Crippen LogP contribution in [0.4, 0.5) is 0 Å². The van der Waals surface area contributed by atoms with Gasteiger partial charge >= 0.3 is 0 Å². The van der Waals surface area contributed by atoms with E-state index in [2.05, 4.69) is 5.32 Å². The lowest BCUT2D eigenvalue weighted by Gasteiger charge is -2.18. The highest BCUT2D eigenvalue weighted by Gasteiger charge is 2.18. The van der Waals surface area contributed by atoms with Crippen molar-refractivity contribution < 1.29 is 9.90 Å². The van der Waals surface area contributed by atoms with Gasteiger partial charge in [0.25, 0.3) is 5.91 Å². The zero-order chi connectivity index (χ0) is 14.4. The minimum absolute atomic E-state index is 0.0185. The molecule has 0 fully saturated rings. The molecule has 2 aromatic rings. The molecular formula is C15H14N2O2S. The van der Waals surface area contributed by atoms with Gasteiger partial charge in [-0.3, -0.25) is 4.79 Å². The summed E-state index contributed by atoms with van der Waals surface area (Å²) < 4.78 is 0. The summed E-state index contributed by atoms with van der Waals surface area (Å²) in [5, 5.41) is 22.7. The second kappa shape index (κ2) is 6.85. The van der Waals surface area contributed by atoms with Crippen LogP contribution in [0.2, 0.25) is 0 Å². The van der Waals surface area contributed by atoms with Crippen LogP contribution >= 0.6 is 11.3 Å². The summed E-state index contributed by atoms with van der Waals surface area (Å²) in [7, 11) is 0. The fraction of sp³-hybridized carbons (Fsp3) is 0.200. The fourth-order valence-corrected chi connectivity index (χ4v) is 2.68. The number of hydrogen-bond donors (Lipinski definition) is 2. The highest BCUT2D eigenvalue weighted by molar-refractivity contribution is 7.12. The molecule has 20 heavy (non-hydrogen) atoms. The Morgan fingerprint density at radius 1 is 1.35 bits per heavy atom. The van der Waals surface area contributed by atoms with E-state index >= 15 is 0 Å². The average molecular weight is 286 g/mol. The predicted octanol–water partition coefficient (Wildman–Crippen LogP) is 2.47. The average Bonchev–Trinajstić information content (AvgIpc) is 2.96. The van der Waals surface area contributed by atoms with Crippen LogP contribution in [0.15, 0.2) is 41.8 Å². The number of hydrogen-bond acceptors (Lipinski definition) is 4. The van der Waals surface area contributed by atoms with E-state index < -0.39 is 0 Å². The van der Waals surface area contributed by atoms with Crippen molar-refractivity contribution >= 4 is 17.2 Å². The number of benzene rings is 1. The van der Waals surface area contributed by atoms with E-state index in [1.54, 1.807) is 11.4 Å². The second-order valence-electron chi connectivity index (χ2n) is 4.22. The molecule has 4 nitrogen and oxygen atoms in total. The molecule has 1 aromatic heterocycles. The number of aliphatic hydroxyl groups is 1. The lowest BCUT2D eigenvalue weighted by Crippen LogP contribution is -2.29. The smallest absolute Gasteiger partial charge is 0.263 e. The topological polar surface area (TPSA) is 73.1 Å². The van der Waals surface area contributed by atoms with Crippen molar-refractivity contribution in [1.29, 1.82) is 5.26 Å². The molecule has 0 spiro atoms. The van der Waals surface area contributed by atoms with Crippen LogP contribution in [0, 0.1) is 11.3 Å². The van der Waals surface area contributed by atoms with Crippen molar-refractivity contribution in [3.8, 4) is 6.07 Å². The van der Waals surface area contributed by atoms with E-state index in [-0.39, 0.29) is 18.6 Å². The number of nitrogens with zero attached hydrogens (tertiary/aromatic N) is 1. The Kier molecular flexibility index (Phi) is 4.88.